The molecule has 1 aromatic heterocycles. The van der Waals surface area contributed by atoms with E-state index in [0.29, 0.717) is 23.2 Å². The first-order valence-corrected chi connectivity index (χ1v) is 10.3. The minimum Gasteiger partial charge on any atom is -0.497 e. The van der Waals surface area contributed by atoms with Gasteiger partial charge in [0.25, 0.3) is 0 Å². The molecule has 4 rings (SSSR count). The molecule has 1 aliphatic rings. The maximum Gasteiger partial charge on any atom is 0.236 e. The number of hydrogen-bond acceptors (Lipinski definition) is 7. The number of fused-ring (bicyclic) bond motifs is 1. The molecule has 0 saturated heterocycles. The van der Waals surface area contributed by atoms with Crippen molar-refractivity contribution in [3.63, 3.8) is 0 Å². The molecule has 2 aromatic carbocycles. The van der Waals surface area contributed by atoms with E-state index in [4.69, 9.17) is 18.7 Å². The number of hydrogen-bond donors (Lipinski definition) is 0. The zero-order chi connectivity index (χ0) is 19.3. The maximum atomic E-state index is 5.56. The second-order valence-electron chi connectivity index (χ2n) is 6.42. The molecule has 0 unspecified atom stereocenters. The van der Waals surface area contributed by atoms with Crippen LogP contribution in [0.25, 0.3) is 11.4 Å². The van der Waals surface area contributed by atoms with E-state index in [-0.39, 0.29) is 0 Å². The molecule has 0 fully saturated rings. The Balaban J connectivity index is 1.33. The smallest absolute Gasteiger partial charge is 0.236 e. The van der Waals surface area contributed by atoms with Gasteiger partial charge >= 0.3 is 0 Å². The number of rotatable bonds is 8. The molecule has 0 atom stereocenters. The summed E-state index contributed by atoms with van der Waals surface area (Å²) in [5.41, 5.74) is 3.44. The Morgan fingerprint density at radius 2 is 2.04 bits per heavy atom. The first kappa shape index (κ1) is 18.7. The van der Waals surface area contributed by atoms with Crippen LogP contribution < -0.4 is 14.2 Å². The molecule has 28 heavy (non-hydrogen) atoms. The first-order valence-electron chi connectivity index (χ1n) is 9.14. The van der Waals surface area contributed by atoms with Crippen LogP contribution in [-0.2, 0) is 18.6 Å². The van der Waals surface area contributed by atoms with Crippen molar-refractivity contribution in [2.75, 3.05) is 26.6 Å². The third-order valence-electron chi connectivity index (χ3n) is 4.63. The summed E-state index contributed by atoms with van der Waals surface area (Å²) in [6.07, 6.45) is 2.02. The predicted octanol–water partition coefficient (Wildman–Crippen LogP) is 4.16. The van der Waals surface area contributed by atoms with Crippen molar-refractivity contribution in [2.45, 2.75) is 18.6 Å². The van der Waals surface area contributed by atoms with E-state index in [1.54, 1.807) is 26.0 Å². The average molecular weight is 398 g/mol. The predicted molar refractivity (Wildman–Crippen MR) is 108 cm³/mol. The van der Waals surface area contributed by atoms with Gasteiger partial charge in [0, 0.05) is 12.5 Å². The van der Waals surface area contributed by atoms with Crippen LogP contribution in [-0.4, -0.2) is 36.7 Å². The van der Waals surface area contributed by atoms with Crippen molar-refractivity contribution in [1.82, 2.24) is 10.1 Å². The highest BCUT2D eigenvalue weighted by Crippen LogP contribution is 2.32. The Labute approximate surface area is 168 Å². The SMILES string of the molecule is COc1ccc(-c2noc(CSCCc3ccc4c(c3)CCO4)n2)c(OC)c1. The number of ether oxygens (including phenoxy) is 3. The topological polar surface area (TPSA) is 66.6 Å². The lowest BCUT2D eigenvalue weighted by Crippen LogP contribution is -1.92. The Kier molecular flexibility index (Phi) is 5.71. The van der Waals surface area contributed by atoms with Gasteiger partial charge < -0.3 is 18.7 Å². The second kappa shape index (κ2) is 8.56. The van der Waals surface area contributed by atoms with Crippen LogP contribution in [0.15, 0.2) is 40.9 Å². The van der Waals surface area contributed by atoms with Gasteiger partial charge in [-0.25, -0.2) is 0 Å². The number of nitrogens with zero attached hydrogens (tertiary/aromatic N) is 2. The molecule has 2 heterocycles. The minimum absolute atomic E-state index is 0.522. The molecular formula is C21H22N2O4S. The number of thioether (sulfide) groups is 1. The van der Waals surface area contributed by atoms with Crippen molar-refractivity contribution in [3.8, 4) is 28.6 Å². The largest absolute Gasteiger partial charge is 0.497 e. The third kappa shape index (κ3) is 4.09. The molecular weight excluding hydrogens is 376 g/mol. The van der Waals surface area contributed by atoms with Crippen LogP contribution in [0.4, 0.5) is 0 Å². The second-order valence-corrected chi connectivity index (χ2v) is 7.53. The zero-order valence-electron chi connectivity index (χ0n) is 15.9. The molecule has 0 aliphatic carbocycles. The lowest BCUT2D eigenvalue weighted by Gasteiger charge is -2.07. The van der Waals surface area contributed by atoms with E-state index in [0.717, 1.165) is 42.3 Å². The van der Waals surface area contributed by atoms with Gasteiger partial charge in [0.15, 0.2) is 0 Å². The van der Waals surface area contributed by atoms with Gasteiger partial charge in [0.1, 0.15) is 17.2 Å². The van der Waals surface area contributed by atoms with Crippen LogP contribution in [0.1, 0.15) is 17.0 Å². The van der Waals surface area contributed by atoms with Crippen LogP contribution in [0.5, 0.6) is 17.2 Å². The van der Waals surface area contributed by atoms with Crippen LogP contribution >= 0.6 is 11.8 Å². The van der Waals surface area contributed by atoms with Gasteiger partial charge in [-0.3, -0.25) is 0 Å². The number of aromatic nitrogens is 2. The monoisotopic (exact) mass is 398 g/mol. The quantitative estimate of drug-likeness (QED) is 0.528. The summed E-state index contributed by atoms with van der Waals surface area (Å²) < 4.78 is 21.6. The number of aryl methyl sites for hydroxylation is 1. The zero-order valence-corrected chi connectivity index (χ0v) is 16.8. The maximum absolute atomic E-state index is 5.56. The standard InChI is InChI=1S/C21H22N2O4S/c1-24-16-4-5-17(19(12-16)25-2)21-22-20(27-23-21)13-28-10-8-14-3-6-18-15(11-14)7-9-26-18/h3-6,11-12H,7-10,13H2,1-2H3. The number of methoxy groups -OCH3 is 2. The average Bonchev–Trinajstić information content (AvgIpc) is 3.39. The van der Waals surface area contributed by atoms with Gasteiger partial charge in [-0.2, -0.15) is 16.7 Å². The normalized spacial score (nSPS) is 12.5. The summed E-state index contributed by atoms with van der Waals surface area (Å²) in [7, 11) is 3.23. The highest BCUT2D eigenvalue weighted by atomic mass is 32.2. The first-order chi connectivity index (χ1) is 13.8. The highest BCUT2D eigenvalue weighted by molar-refractivity contribution is 7.98. The fourth-order valence-electron chi connectivity index (χ4n) is 3.15. The molecule has 0 amide bonds. The molecule has 3 aromatic rings. The Morgan fingerprint density at radius 1 is 1.11 bits per heavy atom. The van der Waals surface area contributed by atoms with Gasteiger partial charge in [0.05, 0.1) is 32.1 Å². The summed E-state index contributed by atoms with van der Waals surface area (Å²) in [6.45, 7) is 0.798. The summed E-state index contributed by atoms with van der Waals surface area (Å²) in [5, 5.41) is 4.09. The molecule has 0 N–H and O–H groups in total. The molecule has 0 radical (unpaired) electrons. The summed E-state index contributed by atoms with van der Waals surface area (Å²) in [6, 6.07) is 12.0. The van der Waals surface area contributed by atoms with Crippen molar-refractivity contribution < 1.29 is 18.7 Å². The van der Waals surface area contributed by atoms with Crippen molar-refractivity contribution >= 4 is 11.8 Å². The summed E-state index contributed by atoms with van der Waals surface area (Å²) >= 11 is 1.78. The van der Waals surface area contributed by atoms with Crippen LogP contribution in [0.3, 0.4) is 0 Å². The summed E-state index contributed by atoms with van der Waals surface area (Å²) in [5.74, 6) is 5.21. The van der Waals surface area contributed by atoms with Gasteiger partial charge in [-0.1, -0.05) is 17.3 Å². The van der Waals surface area contributed by atoms with Crippen LogP contribution in [0.2, 0.25) is 0 Å². The third-order valence-corrected chi connectivity index (χ3v) is 5.58. The van der Waals surface area contributed by atoms with Crippen LogP contribution in [0, 0.1) is 0 Å². The Hall–Kier alpha value is -2.67. The molecule has 0 saturated carbocycles. The molecule has 146 valence electrons. The lowest BCUT2D eigenvalue weighted by molar-refractivity contribution is 0.357. The summed E-state index contributed by atoms with van der Waals surface area (Å²) in [4.78, 5) is 4.50. The molecule has 6 nitrogen and oxygen atoms in total. The molecule has 0 bridgehead atoms. The van der Waals surface area contributed by atoms with Gasteiger partial charge in [0.2, 0.25) is 11.7 Å². The van der Waals surface area contributed by atoms with E-state index in [1.165, 1.54) is 11.1 Å². The van der Waals surface area contributed by atoms with E-state index in [2.05, 4.69) is 28.3 Å². The van der Waals surface area contributed by atoms with E-state index in [9.17, 15) is 0 Å². The lowest BCUT2D eigenvalue weighted by atomic mass is 10.1. The van der Waals surface area contributed by atoms with Gasteiger partial charge in [-0.05, 0) is 41.5 Å². The minimum atomic E-state index is 0.522. The molecule has 1 aliphatic heterocycles. The number of benzene rings is 2. The Bertz CT molecular complexity index is 957. The van der Waals surface area contributed by atoms with E-state index in [1.807, 2.05) is 18.2 Å². The van der Waals surface area contributed by atoms with E-state index < -0.39 is 0 Å². The molecule has 7 heteroatoms. The molecule has 0 spiro atoms. The van der Waals surface area contributed by atoms with Crippen molar-refractivity contribution in [2.24, 2.45) is 0 Å². The highest BCUT2D eigenvalue weighted by Gasteiger charge is 2.15. The Morgan fingerprint density at radius 3 is 2.89 bits per heavy atom. The fraction of sp³-hybridized carbons (Fsp3) is 0.333. The van der Waals surface area contributed by atoms with E-state index >= 15 is 0 Å². The van der Waals surface area contributed by atoms with Crippen molar-refractivity contribution in [3.05, 3.63) is 53.4 Å². The van der Waals surface area contributed by atoms with Gasteiger partial charge in [-0.15, -0.1) is 0 Å². The van der Waals surface area contributed by atoms with Crippen molar-refractivity contribution in [1.29, 1.82) is 0 Å². The fourth-order valence-corrected chi connectivity index (χ4v) is 3.97.